The average molecular weight is 282 g/mol. The molecule has 0 saturated carbocycles. The maximum Gasteiger partial charge on any atom is 0.416 e. The highest BCUT2D eigenvalue weighted by Gasteiger charge is 2.29. The van der Waals surface area contributed by atoms with Gasteiger partial charge in [-0.1, -0.05) is 12.1 Å². The average Bonchev–Trinajstić information content (AvgIpc) is 2.41. The van der Waals surface area contributed by atoms with E-state index in [2.05, 4.69) is 10.5 Å². The van der Waals surface area contributed by atoms with Crippen molar-refractivity contribution in [1.29, 1.82) is 0 Å². The summed E-state index contributed by atoms with van der Waals surface area (Å²) in [5, 5.41) is 3.85. The van der Waals surface area contributed by atoms with Gasteiger partial charge in [0.05, 0.1) is 17.5 Å². The summed E-state index contributed by atoms with van der Waals surface area (Å²) in [5.41, 5.74) is 2.98. The standard InChI is InChI=1S/C14H10F4N2/c15-12-5-1-10(2-6-12)9-19-20-13-7-3-11(4-8-13)14(16,17)18/h1-9,20H. The number of alkyl halides is 3. The zero-order valence-corrected chi connectivity index (χ0v) is 10.2. The summed E-state index contributed by atoms with van der Waals surface area (Å²) < 4.78 is 49.7. The molecule has 0 amide bonds. The van der Waals surface area contributed by atoms with Gasteiger partial charge in [-0.25, -0.2) is 4.39 Å². The van der Waals surface area contributed by atoms with E-state index in [-0.39, 0.29) is 5.82 Å². The predicted octanol–water partition coefficient (Wildman–Crippen LogP) is 4.29. The summed E-state index contributed by atoms with van der Waals surface area (Å²) in [6, 6.07) is 10.2. The van der Waals surface area contributed by atoms with Crippen molar-refractivity contribution >= 4 is 11.9 Å². The van der Waals surface area contributed by atoms with E-state index in [1.54, 1.807) is 0 Å². The van der Waals surface area contributed by atoms with Crippen LogP contribution in [0.25, 0.3) is 0 Å². The second-order valence-electron chi connectivity index (χ2n) is 4.00. The number of anilines is 1. The van der Waals surface area contributed by atoms with Crippen LogP contribution < -0.4 is 5.43 Å². The minimum Gasteiger partial charge on any atom is -0.279 e. The van der Waals surface area contributed by atoms with Crippen LogP contribution in [0.5, 0.6) is 0 Å². The van der Waals surface area contributed by atoms with E-state index in [4.69, 9.17) is 0 Å². The van der Waals surface area contributed by atoms with E-state index in [9.17, 15) is 17.6 Å². The molecule has 1 N–H and O–H groups in total. The molecule has 0 saturated heterocycles. The Kier molecular flexibility index (Phi) is 4.02. The van der Waals surface area contributed by atoms with Gasteiger partial charge in [0.1, 0.15) is 5.82 Å². The Morgan fingerprint density at radius 1 is 0.900 bits per heavy atom. The lowest BCUT2D eigenvalue weighted by molar-refractivity contribution is -0.137. The highest BCUT2D eigenvalue weighted by molar-refractivity contribution is 5.80. The molecule has 0 aromatic heterocycles. The van der Waals surface area contributed by atoms with Crippen molar-refractivity contribution in [3.8, 4) is 0 Å². The summed E-state index contributed by atoms with van der Waals surface area (Å²) in [6.45, 7) is 0. The Morgan fingerprint density at radius 2 is 1.50 bits per heavy atom. The molecule has 104 valence electrons. The lowest BCUT2D eigenvalue weighted by atomic mass is 10.2. The van der Waals surface area contributed by atoms with Crippen molar-refractivity contribution in [2.45, 2.75) is 6.18 Å². The van der Waals surface area contributed by atoms with Crippen molar-refractivity contribution in [3.63, 3.8) is 0 Å². The van der Waals surface area contributed by atoms with Crippen LogP contribution in [-0.2, 0) is 6.18 Å². The number of hydrogen-bond donors (Lipinski definition) is 1. The van der Waals surface area contributed by atoms with Crippen molar-refractivity contribution in [3.05, 3.63) is 65.5 Å². The molecule has 0 unspecified atom stereocenters. The smallest absolute Gasteiger partial charge is 0.279 e. The second kappa shape index (κ2) is 5.73. The lowest BCUT2D eigenvalue weighted by Gasteiger charge is -2.07. The van der Waals surface area contributed by atoms with E-state index >= 15 is 0 Å². The van der Waals surface area contributed by atoms with Gasteiger partial charge >= 0.3 is 6.18 Å². The Bertz CT molecular complexity index is 586. The molecule has 0 bridgehead atoms. The van der Waals surface area contributed by atoms with Gasteiger partial charge in [-0.3, -0.25) is 5.43 Å². The minimum absolute atomic E-state index is 0.349. The molecular weight excluding hydrogens is 272 g/mol. The number of benzene rings is 2. The lowest BCUT2D eigenvalue weighted by Crippen LogP contribution is -2.04. The monoisotopic (exact) mass is 282 g/mol. The number of nitrogens with one attached hydrogen (secondary N) is 1. The number of halogens is 4. The van der Waals surface area contributed by atoms with Crippen LogP contribution in [-0.4, -0.2) is 6.21 Å². The van der Waals surface area contributed by atoms with Gasteiger partial charge in [-0.05, 0) is 42.0 Å². The Morgan fingerprint density at radius 3 is 2.05 bits per heavy atom. The zero-order chi connectivity index (χ0) is 14.6. The topological polar surface area (TPSA) is 24.4 Å². The number of hydrazone groups is 1. The van der Waals surface area contributed by atoms with E-state index in [1.165, 1.54) is 42.6 Å². The Labute approximate surface area is 112 Å². The SMILES string of the molecule is Fc1ccc(C=NNc2ccc(C(F)(F)F)cc2)cc1. The van der Waals surface area contributed by atoms with Crippen LogP contribution in [0.2, 0.25) is 0 Å². The van der Waals surface area contributed by atoms with Gasteiger partial charge in [-0.2, -0.15) is 18.3 Å². The van der Waals surface area contributed by atoms with Crippen molar-refractivity contribution in [2.75, 3.05) is 5.43 Å². The van der Waals surface area contributed by atoms with Gasteiger partial charge in [0.2, 0.25) is 0 Å². The van der Waals surface area contributed by atoms with Crippen molar-refractivity contribution in [1.82, 2.24) is 0 Å². The van der Waals surface area contributed by atoms with Crippen LogP contribution in [0.1, 0.15) is 11.1 Å². The summed E-state index contributed by atoms with van der Waals surface area (Å²) in [6.07, 6.45) is -2.91. The predicted molar refractivity (Wildman–Crippen MR) is 69.1 cm³/mol. The molecule has 0 aliphatic heterocycles. The van der Waals surface area contributed by atoms with Crippen LogP contribution >= 0.6 is 0 Å². The molecule has 2 aromatic rings. The number of nitrogens with zero attached hydrogens (tertiary/aromatic N) is 1. The number of hydrogen-bond acceptors (Lipinski definition) is 2. The molecule has 2 rings (SSSR count). The highest BCUT2D eigenvalue weighted by atomic mass is 19.4. The number of rotatable bonds is 3. The van der Waals surface area contributed by atoms with E-state index in [0.29, 0.717) is 11.3 Å². The molecule has 0 radical (unpaired) electrons. The highest BCUT2D eigenvalue weighted by Crippen LogP contribution is 2.29. The summed E-state index contributed by atoms with van der Waals surface area (Å²) in [7, 11) is 0. The molecule has 6 heteroatoms. The Hall–Kier alpha value is -2.37. The largest absolute Gasteiger partial charge is 0.416 e. The maximum atomic E-state index is 12.7. The Balaban J connectivity index is 1.99. The molecular formula is C14H10F4N2. The fourth-order valence-corrected chi connectivity index (χ4v) is 1.46. The first-order valence-corrected chi connectivity index (χ1v) is 5.67. The normalized spacial score (nSPS) is 11.8. The van der Waals surface area contributed by atoms with Crippen molar-refractivity contribution in [2.24, 2.45) is 5.10 Å². The van der Waals surface area contributed by atoms with Gasteiger partial charge in [0, 0.05) is 0 Å². The molecule has 20 heavy (non-hydrogen) atoms. The first-order chi connectivity index (χ1) is 9.45. The molecule has 0 aliphatic carbocycles. The van der Waals surface area contributed by atoms with E-state index < -0.39 is 11.7 Å². The first kappa shape index (κ1) is 14.0. The molecule has 2 aromatic carbocycles. The minimum atomic E-state index is -4.35. The third-order valence-electron chi connectivity index (χ3n) is 2.49. The van der Waals surface area contributed by atoms with Gasteiger partial charge in [0.25, 0.3) is 0 Å². The summed E-state index contributed by atoms with van der Waals surface area (Å²) in [5.74, 6) is -0.349. The molecule has 0 heterocycles. The van der Waals surface area contributed by atoms with Crippen LogP contribution in [0.3, 0.4) is 0 Å². The van der Waals surface area contributed by atoms with Crippen LogP contribution in [0, 0.1) is 5.82 Å². The van der Waals surface area contributed by atoms with Crippen LogP contribution in [0.15, 0.2) is 53.6 Å². The first-order valence-electron chi connectivity index (χ1n) is 5.67. The van der Waals surface area contributed by atoms with E-state index in [1.807, 2.05) is 0 Å². The van der Waals surface area contributed by atoms with Gasteiger partial charge in [-0.15, -0.1) is 0 Å². The third kappa shape index (κ3) is 3.81. The fraction of sp³-hybridized carbons (Fsp3) is 0.0714. The molecule has 0 atom stereocenters. The molecule has 0 aliphatic rings. The molecule has 0 spiro atoms. The zero-order valence-electron chi connectivity index (χ0n) is 10.2. The fourth-order valence-electron chi connectivity index (χ4n) is 1.46. The summed E-state index contributed by atoms with van der Waals surface area (Å²) >= 11 is 0. The van der Waals surface area contributed by atoms with Crippen LogP contribution in [0.4, 0.5) is 23.2 Å². The van der Waals surface area contributed by atoms with Gasteiger partial charge in [0.15, 0.2) is 0 Å². The second-order valence-corrected chi connectivity index (χ2v) is 4.00. The third-order valence-corrected chi connectivity index (χ3v) is 2.49. The maximum absolute atomic E-state index is 12.7. The van der Waals surface area contributed by atoms with Gasteiger partial charge < -0.3 is 0 Å². The van der Waals surface area contributed by atoms with E-state index in [0.717, 1.165) is 12.1 Å². The van der Waals surface area contributed by atoms with Crippen molar-refractivity contribution < 1.29 is 17.6 Å². The summed E-state index contributed by atoms with van der Waals surface area (Å²) in [4.78, 5) is 0. The quantitative estimate of drug-likeness (QED) is 0.507. The molecule has 0 fully saturated rings. The molecule has 2 nitrogen and oxygen atoms in total.